The van der Waals surface area contributed by atoms with Crippen LogP contribution >= 0.6 is 0 Å². The highest BCUT2D eigenvalue weighted by Gasteiger charge is 2.16. The summed E-state index contributed by atoms with van der Waals surface area (Å²) in [5, 5.41) is 13.7. The van der Waals surface area contributed by atoms with Gasteiger partial charge >= 0.3 is 0 Å². The SMILES string of the molecule is Cc1cc(C)c(-c2c(O)cnn(C)c2=O)c(C)c1. The first kappa shape index (κ1) is 12.4. The van der Waals surface area contributed by atoms with E-state index < -0.39 is 0 Å². The van der Waals surface area contributed by atoms with Gasteiger partial charge in [-0.1, -0.05) is 17.7 Å². The van der Waals surface area contributed by atoms with Crippen LogP contribution in [-0.2, 0) is 7.05 Å². The topological polar surface area (TPSA) is 55.1 Å². The molecule has 1 heterocycles. The van der Waals surface area contributed by atoms with E-state index in [1.54, 1.807) is 7.05 Å². The lowest BCUT2D eigenvalue weighted by Gasteiger charge is -2.12. The Morgan fingerprint density at radius 1 is 1.11 bits per heavy atom. The number of hydrogen-bond acceptors (Lipinski definition) is 3. The Hall–Kier alpha value is -2.10. The Morgan fingerprint density at radius 3 is 2.22 bits per heavy atom. The molecule has 18 heavy (non-hydrogen) atoms. The first-order valence-electron chi connectivity index (χ1n) is 5.75. The number of nitrogens with zero attached hydrogens (tertiary/aromatic N) is 2. The van der Waals surface area contributed by atoms with Gasteiger partial charge in [-0.2, -0.15) is 5.10 Å². The second kappa shape index (κ2) is 4.29. The van der Waals surface area contributed by atoms with E-state index in [0.717, 1.165) is 22.3 Å². The molecular formula is C14H16N2O2. The molecule has 0 bridgehead atoms. The van der Waals surface area contributed by atoms with Crippen molar-refractivity contribution in [1.29, 1.82) is 0 Å². The van der Waals surface area contributed by atoms with Crippen LogP contribution in [0.3, 0.4) is 0 Å². The third-order valence-corrected chi connectivity index (χ3v) is 3.04. The first-order valence-corrected chi connectivity index (χ1v) is 5.75. The van der Waals surface area contributed by atoms with Crippen LogP contribution in [0.2, 0.25) is 0 Å². The van der Waals surface area contributed by atoms with Crippen LogP contribution in [0.25, 0.3) is 11.1 Å². The highest BCUT2D eigenvalue weighted by Crippen LogP contribution is 2.31. The molecule has 4 nitrogen and oxygen atoms in total. The Labute approximate surface area is 106 Å². The van der Waals surface area contributed by atoms with Gasteiger partial charge in [0.2, 0.25) is 0 Å². The van der Waals surface area contributed by atoms with Gasteiger partial charge in [0.15, 0.2) is 0 Å². The molecule has 94 valence electrons. The molecule has 1 N–H and O–H groups in total. The van der Waals surface area contributed by atoms with Crippen molar-refractivity contribution in [2.45, 2.75) is 20.8 Å². The molecule has 4 heteroatoms. The summed E-state index contributed by atoms with van der Waals surface area (Å²) < 4.78 is 1.23. The summed E-state index contributed by atoms with van der Waals surface area (Å²) in [6, 6.07) is 4.00. The molecule has 0 saturated heterocycles. The van der Waals surface area contributed by atoms with Gasteiger partial charge in [0.05, 0.1) is 11.8 Å². The highest BCUT2D eigenvalue weighted by atomic mass is 16.3. The normalized spacial score (nSPS) is 10.7. The molecule has 0 amide bonds. The van der Waals surface area contributed by atoms with E-state index in [9.17, 15) is 9.90 Å². The Kier molecular flexibility index (Phi) is 2.95. The average molecular weight is 244 g/mol. The highest BCUT2D eigenvalue weighted by molar-refractivity contribution is 5.75. The molecule has 0 aliphatic rings. The second-order valence-electron chi connectivity index (χ2n) is 4.61. The van der Waals surface area contributed by atoms with Gasteiger partial charge in [0, 0.05) is 7.05 Å². The molecule has 0 atom stereocenters. The molecule has 1 aromatic carbocycles. The van der Waals surface area contributed by atoms with E-state index in [0.29, 0.717) is 5.56 Å². The molecule has 0 unspecified atom stereocenters. The zero-order chi connectivity index (χ0) is 13.4. The summed E-state index contributed by atoms with van der Waals surface area (Å²) in [7, 11) is 1.57. The largest absolute Gasteiger partial charge is 0.505 e. The molecule has 2 aromatic rings. The molecule has 0 spiro atoms. The van der Waals surface area contributed by atoms with Gasteiger partial charge in [0.1, 0.15) is 5.75 Å². The molecule has 1 aromatic heterocycles. The van der Waals surface area contributed by atoms with Crippen molar-refractivity contribution in [1.82, 2.24) is 9.78 Å². The van der Waals surface area contributed by atoms with Crippen LogP contribution < -0.4 is 5.56 Å². The maximum Gasteiger partial charge on any atom is 0.278 e. The Balaban J connectivity index is 2.86. The summed E-state index contributed by atoms with van der Waals surface area (Å²) in [5.41, 5.74) is 3.92. The number of aryl methyl sites for hydroxylation is 4. The zero-order valence-corrected chi connectivity index (χ0v) is 11.0. The van der Waals surface area contributed by atoms with E-state index in [2.05, 4.69) is 5.10 Å². The number of aromatic hydroxyl groups is 1. The monoisotopic (exact) mass is 244 g/mol. The van der Waals surface area contributed by atoms with Gasteiger partial charge in [-0.25, -0.2) is 4.68 Å². The summed E-state index contributed by atoms with van der Waals surface area (Å²) in [4.78, 5) is 12.1. The van der Waals surface area contributed by atoms with E-state index in [1.165, 1.54) is 10.9 Å². The number of rotatable bonds is 1. The molecule has 0 aliphatic heterocycles. The van der Waals surface area contributed by atoms with E-state index in [-0.39, 0.29) is 11.3 Å². The molecule has 0 saturated carbocycles. The number of benzene rings is 1. The third-order valence-electron chi connectivity index (χ3n) is 3.04. The maximum atomic E-state index is 12.1. The standard InChI is InChI=1S/C14H16N2O2/c1-8-5-9(2)12(10(3)6-8)13-11(17)7-15-16(4)14(13)18/h5-7,17H,1-4H3. The molecule has 0 aliphatic carbocycles. The van der Waals surface area contributed by atoms with Gasteiger partial charge < -0.3 is 5.11 Å². The molecular weight excluding hydrogens is 228 g/mol. The minimum Gasteiger partial charge on any atom is -0.505 e. The van der Waals surface area contributed by atoms with E-state index in [1.807, 2.05) is 32.9 Å². The van der Waals surface area contributed by atoms with Gasteiger partial charge in [-0.05, 0) is 37.5 Å². The van der Waals surface area contributed by atoms with Crippen molar-refractivity contribution in [3.63, 3.8) is 0 Å². The number of aromatic nitrogens is 2. The van der Waals surface area contributed by atoms with E-state index >= 15 is 0 Å². The second-order valence-corrected chi connectivity index (χ2v) is 4.61. The summed E-state index contributed by atoms with van der Waals surface area (Å²) in [6.07, 6.45) is 1.30. The zero-order valence-electron chi connectivity index (χ0n) is 11.0. The first-order chi connectivity index (χ1) is 8.41. The fourth-order valence-corrected chi connectivity index (χ4v) is 2.34. The molecule has 0 radical (unpaired) electrons. The van der Waals surface area contributed by atoms with Crippen LogP contribution in [0, 0.1) is 20.8 Å². The maximum absolute atomic E-state index is 12.1. The average Bonchev–Trinajstić information content (AvgIpc) is 2.27. The van der Waals surface area contributed by atoms with Crippen LogP contribution in [0.15, 0.2) is 23.1 Å². The van der Waals surface area contributed by atoms with Crippen molar-refractivity contribution in [3.8, 4) is 16.9 Å². The van der Waals surface area contributed by atoms with Crippen LogP contribution in [0.1, 0.15) is 16.7 Å². The third kappa shape index (κ3) is 1.90. The minimum absolute atomic E-state index is 0.0758. The van der Waals surface area contributed by atoms with Crippen LogP contribution in [-0.4, -0.2) is 14.9 Å². The van der Waals surface area contributed by atoms with Crippen molar-refractivity contribution in [2.24, 2.45) is 7.05 Å². The Morgan fingerprint density at radius 2 is 1.67 bits per heavy atom. The van der Waals surface area contributed by atoms with Crippen molar-refractivity contribution >= 4 is 0 Å². The lowest BCUT2D eigenvalue weighted by Crippen LogP contribution is -2.21. The summed E-state index contributed by atoms with van der Waals surface area (Å²) in [5.74, 6) is -0.0758. The van der Waals surface area contributed by atoms with E-state index in [4.69, 9.17) is 0 Å². The lowest BCUT2D eigenvalue weighted by molar-refractivity contribution is 0.467. The minimum atomic E-state index is -0.287. The predicted molar refractivity (Wildman–Crippen MR) is 70.8 cm³/mol. The fourth-order valence-electron chi connectivity index (χ4n) is 2.34. The Bertz CT molecular complexity index is 649. The van der Waals surface area contributed by atoms with Gasteiger partial charge in [-0.15, -0.1) is 0 Å². The fraction of sp³-hybridized carbons (Fsp3) is 0.286. The van der Waals surface area contributed by atoms with Crippen molar-refractivity contribution in [2.75, 3.05) is 0 Å². The van der Waals surface area contributed by atoms with Gasteiger partial charge in [-0.3, -0.25) is 4.79 Å². The summed E-state index contributed by atoms with van der Waals surface area (Å²) in [6.45, 7) is 5.89. The van der Waals surface area contributed by atoms with Crippen molar-refractivity contribution in [3.05, 3.63) is 45.4 Å². The van der Waals surface area contributed by atoms with Crippen LogP contribution in [0.5, 0.6) is 5.75 Å². The number of hydrogen-bond donors (Lipinski definition) is 1. The smallest absolute Gasteiger partial charge is 0.278 e. The predicted octanol–water partition coefficient (Wildman–Crippen LogP) is 2.08. The molecule has 0 fully saturated rings. The lowest BCUT2D eigenvalue weighted by atomic mass is 9.94. The molecule has 2 rings (SSSR count). The summed E-state index contributed by atoms with van der Waals surface area (Å²) >= 11 is 0. The quantitative estimate of drug-likeness (QED) is 0.835. The van der Waals surface area contributed by atoms with Crippen LogP contribution in [0.4, 0.5) is 0 Å². The van der Waals surface area contributed by atoms with Gasteiger partial charge in [0.25, 0.3) is 5.56 Å². The van der Waals surface area contributed by atoms with Crippen molar-refractivity contribution < 1.29 is 5.11 Å².